The summed E-state index contributed by atoms with van der Waals surface area (Å²) in [5.41, 5.74) is 0. The Hall–Kier alpha value is -0.520. The Labute approximate surface area is 51.9 Å². The average Bonchev–Trinajstić information content (AvgIpc) is 1.81. The molecule has 0 amide bonds. The van der Waals surface area contributed by atoms with Gasteiger partial charge in [0.2, 0.25) is 0 Å². The van der Waals surface area contributed by atoms with Crippen molar-refractivity contribution < 1.29 is 0 Å². The molecule has 0 aliphatic heterocycles. The van der Waals surface area contributed by atoms with E-state index in [1.54, 1.807) is 0 Å². The molecule has 0 aromatic heterocycles. The highest BCUT2D eigenvalue weighted by molar-refractivity contribution is 4.97. The van der Waals surface area contributed by atoms with Gasteiger partial charge in [-0.25, -0.2) is 0 Å². The zero-order valence-corrected chi connectivity index (χ0v) is 5.59. The highest BCUT2D eigenvalue weighted by atomic mass is 13.8. The van der Waals surface area contributed by atoms with Crippen molar-refractivity contribution in [2.75, 3.05) is 0 Å². The molecular weight excluding hydrogens is 96.1 g/mol. The van der Waals surface area contributed by atoms with Crippen LogP contribution in [0.1, 0.15) is 20.3 Å². The van der Waals surface area contributed by atoms with Crippen molar-refractivity contribution in [2.24, 2.45) is 0 Å². The van der Waals surface area contributed by atoms with Gasteiger partial charge in [0.1, 0.15) is 0 Å². The molecule has 0 rings (SSSR count). The highest BCUT2D eigenvalue weighted by Crippen LogP contribution is 1.89. The normalized spacial score (nSPS) is 11.8. The van der Waals surface area contributed by atoms with Gasteiger partial charge in [0, 0.05) is 0 Å². The number of unbranched alkanes of at least 4 members (excludes halogenated alkanes) is 1. The van der Waals surface area contributed by atoms with Gasteiger partial charge in [0.25, 0.3) is 0 Å². The summed E-state index contributed by atoms with van der Waals surface area (Å²) in [6.45, 7) is 4.05. The van der Waals surface area contributed by atoms with E-state index in [0.29, 0.717) is 0 Å². The van der Waals surface area contributed by atoms with Crippen molar-refractivity contribution in [2.45, 2.75) is 20.3 Å². The number of rotatable bonds is 3. The molecule has 0 heteroatoms. The van der Waals surface area contributed by atoms with E-state index in [-0.39, 0.29) is 0 Å². The fourth-order valence-corrected chi connectivity index (χ4v) is 0.429. The van der Waals surface area contributed by atoms with Crippen LogP contribution in [0.15, 0.2) is 24.3 Å². The monoisotopic (exact) mass is 109 g/mol. The lowest BCUT2D eigenvalue weighted by atomic mass is 10.3. The highest BCUT2D eigenvalue weighted by Gasteiger charge is 1.71. The zero-order valence-electron chi connectivity index (χ0n) is 5.59. The number of hydrogen-bond donors (Lipinski definition) is 0. The third-order valence-corrected chi connectivity index (χ3v) is 0.836. The predicted octanol–water partition coefficient (Wildman–Crippen LogP) is 2.73. The van der Waals surface area contributed by atoms with Crippen LogP contribution < -0.4 is 0 Å². The molecule has 0 atom stereocenters. The largest absolute Gasteiger partial charge is 0.0916 e. The van der Waals surface area contributed by atoms with Crippen LogP contribution in [-0.4, -0.2) is 0 Å². The fourth-order valence-electron chi connectivity index (χ4n) is 0.429. The molecule has 8 heavy (non-hydrogen) atoms. The Bertz CT molecular complexity index is 66.0. The topological polar surface area (TPSA) is 0 Å². The van der Waals surface area contributed by atoms with E-state index in [1.165, 1.54) is 0 Å². The SMILES string of the molecule is CC=CC[CH]/C=C/C. The van der Waals surface area contributed by atoms with Crippen LogP contribution >= 0.6 is 0 Å². The van der Waals surface area contributed by atoms with E-state index < -0.39 is 0 Å². The average molecular weight is 109 g/mol. The van der Waals surface area contributed by atoms with Crippen LogP contribution in [0.3, 0.4) is 0 Å². The summed E-state index contributed by atoms with van der Waals surface area (Å²) in [5, 5.41) is 0. The summed E-state index contributed by atoms with van der Waals surface area (Å²) in [4.78, 5) is 0. The van der Waals surface area contributed by atoms with Crippen LogP contribution in [0.5, 0.6) is 0 Å². The van der Waals surface area contributed by atoms with E-state index >= 15 is 0 Å². The first-order valence-corrected chi connectivity index (χ1v) is 2.97. The Morgan fingerprint density at radius 3 is 2.38 bits per heavy atom. The third kappa shape index (κ3) is 5.48. The molecule has 0 aliphatic carbocycles. The molecule has 0 saturated heterocycles. The van der Waals surface area contributed by atoms with E-state index in [9.17, 15) is 0 Å². The molecule has 0 fully saturated rings. The van der Waals surface area contributed by atoms with E-state index in [2.05, 4.69) is 24.6 Å². The van der Waals surface area contributed by atoms with Crippen molar-refractivity contribution in [3.05, 3.63) is 30.7 Å². The summed E-state index contributed by atoms with van der Waals surface area (Å²) < 4.78 is 0. The van der Waals surface area contributed by atoms with Crippen molar-refractivity contribution in [3.8, 4) is 0 Å². The second-order valence-electron chi connectivity index (χ2n) is 1.57. The maximum Gasteiger partial charge on any atom is -0.0133 e. The minimum atomic E-state index is 1.06. The van der Waals surface area contributed by atoms with Crippen LogP contribution in [0.4, 0.5) is 0 Å². The van der Waals surface area contributed by atoms with Gasteiger partial charge in [-0.15, -0.1) is 0 Å². The molecule has 45 valence electrons. The van der Waals surface area contributed by atoms with Crippen molar-refractivity contribution in [1.82, 2.24) is 0 Å². The lowest BCUT2D eigenvalue weighted by Gasteiger charge is -1.80. The fraction of sp³-hybridized carbons (Fsp3) is 0.375. The van der Waals surface area contributed by atoms with Crippen molar-refractivity contribution in [1.29, 1.82) is 0 Å². The van der Waals surface area contributed by atoms with Crippen molar-refractivity contribution in [3.63, 3.8) is 0 Å². The number of allylic oxidation sites excluding steroid dienone is 4. The minimum Gasteiger partial charge on any atom is -0.0916 e. The maximum atomic E-state index is 2.12. The lowest BCUT2D eigenvalue weighted by Crippen LogP contribution is -1.62. The van der Waals surface area contributed by atoms with Gasteiger partial charge in [0.05, 0.1) is 0 Å². The van der Waals surface area contributed by atoms with E-state index in [1.807, 2.05) is 19.9 Å². The zero-order chi connectivity index (χ0) is 6.24. The molecular formula is C8H13. The Kier molecular flexibility index (Phi) is 6.06. The van der Waals surface area contributed by atoms with Gasteiger partial charge in [-0.2, -0.15) is 0 Å². The second kappa shape index (κ2) is 6.48. The molecule has 0 aromatic carbocycles. The van der Waals surface area contributed by atoms with Crippen LogP contribution in [0, 0.1) is 6.42 Å². The smallest absolute Gasteiger partial charge is 0.0133 e. The van der Waals surface area contributed by atoms with E-state index in [4.69, 9.17) is 0 Å². The van der Waals surface area contributed by atoms with Gasteiger partial charge in [-0.3, -0.25) is 0 Å². The third-order valence-electron chi connectivity index (χ3n) is 0.836. The van der Waals surface area contributed by atoms with Crippen LogP contribution in [-0.2, 0) is 0 Å². The molecule has 0 bridgehead atoms. The standard InChI is InChI=1S/C8H13/c1-3-5-7-8-6-4-2/h3-7H,8H2,1-2H3/b5-3+,6-4?. The molecule has 0 saturated carbocycles. The van der Waals surface area contributed by atoms with Gasteiger partial charge in [0.15, 0.2) is 0 Å². The number of hydrogen-bond acceptors (Lipinski definition) is 0. The first-order valence-electron chi connectivity index (χ1n) is 2.97. The Morgan fingerprint density at radius 2 is 1.88 bits per heavy atom. The molecule has 0 aliphatic rings. The van der Waals surface area contributed by atoms with Gasteiger partial charge >= 0.3 is 0 Å². The molecule has 0 N–H and O–H groups in total. The molecule has 0 aromatic rings. The Balaban J connectivity index is 2.93. The predicted molar refractivity (Wildman–Crippen MR) is 38.5 cm³/mol. The maximum absolute atomic E-state index is 2.12. The second-order valence-corrected chi connectivity index (χ2v) is 1.57. The van der Waals surface area contributed by atoms with Crippen LogP contribution in [0.2, 0.25) is 0 Å². The van der Waals surface area contributed by atoms with E-state index in [0.717, 1.165) is 6.42 Å². The summed E-state index contributed by atoms with van der Waals surface area (Å²) in [6.07, 6.45) is 11.4. The molecule has 0 unspecified atom stereocenters. The summed E-state index contributed by atoms with van der Waals surface area (Å²) in [7, 11) is 0. The first-order chi connectivity index (χ1) is 3.91. The summed E-state index contributed by atoms with van der Waals surface area (Å²) >= 11 is 0. The molecule has 1 radical (unpaired) electrons. The lowest BCUT2D eigenvalue weighted by molar-refractivity contribution is 1.28. The summed E-state index contributed by atoms with van der Waals surface area (Å²) in [6, 6.07) is 0. The summed E-state index contributed by atoms with van der Waals surface area (Å²) in [5.74, 6) is 0. The molecule has 0 nitrogen and oxygen atoms in total. The molecule has 0 heterocycles. The van der Waals surface area contributed by atoms with Crippen molar-refractivity contribution >= 4 is 0 Å². The Morgan fingerprint density at radius 1 is 1.12 bits per heavy atom. The first kappa shape index (κ1) is 7.48. The van der Waals surface area contributed by atoms with Gasteiger partial charge < -0.3 is 0 Å². The molecule has 0 spiro atoms. The van der Waals surface area contributed by atoms with Gasteiger partial charge in [-0.1, -0.05) is 24.3 Å². The van der Waals surface area contributed by atoms with Crippen LogP contribution in [0.25, 0.3) is 0 Å². The quantitative estimate of drug-likeness (QED) is 0.386. The van der Waals surface area contributed by atoms with Gasteiger partial charge in [-0.05, 0) is 26.7 Å². The minimum absolute atomic E-state index is 1.06.